The van der Waals surface area contributed by atoms with Crippen LogP contribution in [0.4, 0.5) is 4.79 Å². The Kier molecular flexibility index (Phi) is 6.73. The Hall–Kier alpha value is -3.35. The summed E-state index contributed by atoms with van der Waals surface area (Å²) in [5.41, 5.74) is 4.64. The van der Waals surface area contributed by atoms with Crippen LogP contribution in [0, 0.1) is 5.92 Å². The third-order valence-corrected chi connectivity index (χ3v) is 6.09. The van der Waals surface area contributed by atoms with Gasteiger partial charge in [-0.1, -0.05) is 61.4 Å². The van der Waals surface area contributed by atoms with Crippen LogP contribution < -0.4 is 10.6 Å². The van der Waals surface area contributed by atoms with Crippen molar-refractivity contribution < 1.29 is 24.2 Å². The molecule has 7 nitrogen and oxygen atoms in total. The number of carbonyl (C=O) groups excluding carboxylic acids is 2. The number of alkyl carbamates (subject to hydrolysis) is 1. The van der Waals surface area contributed by atoms with Gasteiger partial charge in [0.2, 0.25) is 5.91 Å². The van der Waals surface area contributed by atoms with Crippen LogP contribution >= 0.6 is 0 Å². The van der Waals surface area contributed by atoms with Crippen LogP contribution in [0.15, 0.2) is 48.5 Å². The van der Waals surface area contributed by atoms with Gasteiger partial charge in [-0.3, -0.25) is 4.79 Å². The topological polar surface area (TPSA) is 105 Å². The van der Waals surface area contributed by atoms with Crippen molar-refractivity contribution in [2.24, 2.45) is 5.92 Å². The normalized spacial score (nSPS) is 15.4. The van der Waals surface area contributed by atoms with Crippen LogP contribution in [0.2, 0.25) is 0 Å². The van der Waals surface area contributed by atoms with Gasteiger partial charge >= 0.3 is 12.1 Å². The Labute approximate surface area is 187 Å². The van der Waals surface area contributed by atoms with Gasteiger partial charge in [0, 0.05) is 18.9 Å². The first kappa shape index (κ1) is 21.9. The molecule has 2 aliphatic rings. The Bertz CT molecular complexity index is 956. The smallest absolute Gasteiger partial charge is 0.407 e. The maximum absolute atomic E-state index is 12.2. The zero-order valence-electron chi connectivity index (χ0n) is 17.9. The lowest BCUT2D eigenvalue weighted by molar-refractivity contribution is -0.142. The number of aliphatic carboxylic acids is 1. The Morgan fingerprint density at radius 1 is 1.00 bits per heavy atom. The molecule has 1 fully saturated rings. The highest BCUT2D eigenvalue weighted by atomic mass is 16.5. The third-order valence-electron chi connectivity index (χ3n) is 6.09. The molecule has 32 heavy (non-hydrogen) atoms. The minimum atomic E-state index is -0.998. The Morgan fingerprint density at radius 3 is 2.22 bits per heavy atom. The largest absolute Gasteiger partial charge is 0.480 e. The van der Waals surface area contributed by atoms with E-state index in [-0.39, 0.29) is 31.4 Å². The number of hydrogen-bond donors (Lipinski definition) is 3. The number of fused-ring (bicyclic) bond motifs is 3. The van der Waals surface area contributed by atoms with Gasteiger partial charge in [-0.05, 0) is 41.0 Å². The van der Waals surface area contributed by atoms with Gasteiger partial charge in [0.25, 0.3) is 0 Å². The summed E-state index contributed by atoms with van der Waals surface area (Å²) in [6.07, 6.45) is 2.58. The highest BCUT2D eigenvalue weighted by Gasteiger charge is 2.30. The van der Waals surface area contributed by atoms with E-state index in [2.05, 4.69) is 34.9 Å². The number of amides is 2. The van der Waals surface area contributed by atoms with Gasteiger partial charge in [-0.2, -0.15) is 0 Å². The van der Waals surface area contributed by atoms with Crippen LogP contribution in [0.1, 0.15) is 49.1 Å². The first-order valence-electron chi connectivity index (χ1n) is 11.1. The van der Waals surface area contributed by atoms with Gasteiger partial charge in [0.1, 0.15) is 12.6 Å². The number of rotatable bonds is 10. The van der Waals surface area contributed by atoms with E-state index < -0.39 is 18.1 Å². The summed E-state index contributed by atoms with van der Waals surface area (Å²) in [5, 5.41) is 14.5. The molecular formula is C25H28N2O5. The molecular weight excluding hydrogens is 408 g/mol. The zero-order valence-corrected chi connectivity index (χ0v) is 17.9. The molecule has 1 saturated carbocycles. The van der Waals surface area contributed by atoms with E-state index in [0.717, 1.165) is 24.0 Å². The Morgan fingerprint density at radius 2 is 1.62 bits per heavy atom. The molecule has 0 spiro atoms. The molecule has 1 unspecified atom stereocenters. The molecule has 0 radical (unpaired) electrons. The molecule has 2 aliphatic carbocycles. The van der Waals surface area contributed by atoms with Crippen molar-refractivity contribution >= 4 is 18.0 Å². The number of benzene rings is 2. The number of hydrogen-bond acceptors (Lipinski definition) is 4. The average molecular weight is 437 g/mol. The zero-order chi connectivity index (χ0) is 22.5. The van der Waals surface area contributed by atoms with Crippen molar-refractivity contribution in [1.82, 2.24) is 10.6 Å². The third kappa shape index (κ3) is 5.28. The van der Waals surface area contributed by atoms with E-state index in [9.17, 15) is 19.5 Å². The molecule has 3 N–H and O–H groups in total. The molecule has 1 atom stereocenters. The van der Waals surface area contributed by atoms with Crippen LogP contribution in [0.3, 0.4) is 0 Å². The number of carbonyl (C=O) groups is 3. The van der Waals surface area contributed by atoms with Gasteiger partial charge in [0.05, 0.1) is 0 Å². The summed E-state index contributed by atoms with van der Waals surface area (Å²) >= 11 is 0. The minimum absolute atomic E-state index is 0.00153. The molecule has 2 amide bonds. The molecule has 0 saturated heterocycles. The molecule has 0 aliphatic heterocycles. The van der Waals surface area contributed by atoms with Gasteiger partial charge in [-0.15, -0.1) is 0 Å². The summed E-state index contributed by atoms with van der Waals surface area (Å²) in [4.78, 5) is 35.4. The van der Waals surface area contributed by atoms with Gasteiger partial charge in [0.15, 0.2) is 0 Å². The highest BCUT2D eigenvalue weighted by Crippen LogP contribution is 2.44. The second-order valence-electron chi connectivity index (χ2n) is 8.49. The van der Waals surface area contributed by atoms with E-state index in [4.69, 9.17) is 4.74 Å². The van der Waals surface area contributed by atoms with E-state index in [1.54, 1.807) is 0 Å². The maximum atomic E-state index is 12.2. The fourth-order valence-corrected chi connectivity index (χ4v) is 4.26. The summed E-state index contributed by atoms with van der Waals surface area (Å²) in [6.45, 7) is 0.520. The van der Waals surface area contributed by atoms with Crippen molar-refractivity contribution in [3.63, 3.8) is 0 Å². The van der Waals surface area contributed by atoms with Crippen LogP contribution in [0.25, 0.3) is 11.1 Å². The second kappa shape index (κ2) is 9.85. The average Bonchev–Trinajstić information content (AvgIpc) is 3.55. The molecule has 4 rings (SSSR count). The van der Waals surface area contributed by atoms with Crippen LogP contribution in [0.5, 0.6) is 0 Å². The molecule has 0 heterocycles. The van der Waals surface area contributed by atoms with E-state index in [1.165, 1.54) is 11.1 Å². The van der Waals surface area contributed by atoms with Crippen molar-refractivity contribution in [2.75, 3.05) is 13.2 Å². The minimum Gasteiger partial charge on any atom is -0.480 e. The quantitative estimate of drug-likeness (QED) is 0.493. The van der Waals surface area contributed by atoms with Gasteiger partial charge < -0.3 is 20.5 Å². The van der Waals surface area contributed by atoms with E-state index in [0.29, 0.717) is 18.8 Å². The van der Waals surface area contributed by atoms with E-state index in [1.807, 2.05) is 24.3 Å². The van der Waals surface area contributed by atoms with Gasteiger partial charge in [-0.25, -0.2) is 9.59 Å². The summed E-state index contributed by atoms with van der Waals surface area (Å²) < 4.78 is 5.47. The molecule has 0 bridgehead atoms. The van der Waals surface area contributed by atoms with Crippen LogP contribution in [-0.4, -0.2) is 42.3 Å². The number of carboxylic acids is 1. The Balaban J connectivity index is 1.19. The number of carboxylic acid groups (broad SMARTS) is 1. The number of ether oxygens (including phenoxy) is 1. The first-order chi connectivity index (χ1) is 15.5. The summed E-state index contributed by atoms with van der Waals surface area (Å²) in [5.74, 6) is -0.903. The molecule has 0 aromatic heterocycles. The fourth-order valence-electron chi connectivity index (χ4n) is 4.26. The van der Waals surface area contributed by atoms with Crippen molar-refractivity contribution in [2.45, 2.75) is 44.1 Å². The molecule has 2 aromatic carbocycles. The lowest BCUT2D eigenvalue weighted by Crippen LogP contribution is -2.41. The molecule has 7 heteroatoms. The standard InChI is InChI=1S/C25H28N2O5/c28-23(27-22(24(29)30)14-16-11-12-16)10-5-13-26-25(31)32-15-21-19-8-3-1-6-17(19)18-7-2-4-9-20(18)21/h1-4,6-9,16,21-22H,5,10-15H2,(H,26,31)(H,27,28)(H,29,30). The lowest BCUT2D eigenvalue weighted by atomic mass is 9.98. The highest BCUT2D eigenvalue weighted by molar-refractivity contribution is 5.83. The predicted molar refractivity (Wildman–Crippen MR) is 119 cm³/mol. The number of nitrogens with one attached hydrogen (secondary N) is 2. The summed E-state index contributed by atoms with van der Waals surface area (Å²) in [7, 11) is 0. The fraction of sp³-hybridized carbons (Fsp3) is 0.400. The maximum Gasteiger partial charge on any atom is 0.407 e. The summed E-state index contributed by atoms with van der Waals surface area (Å²) in [6, 6.07) is 15.5. The van der Waals surface area contributed by atoms with E-state index >= 15 is 0 Å². The monoisotopic (exact) mass is 436 g/mol. The predicted octanol–water partition coefficient (Wildman–Crippen LogP) is 3.67. The first-order valence-corrected chi connectivity index (χ1v) is 11.1. The van der Waals surface area contributed by atoms with Crippen molar-refractivity contribution in [1.29, 1.82) is 0 Å². The lowest BCUT2D eigenvalue weighted by Gasteiger charge is -2.15. The van der Waals surface area contributed by atoms with Crippen molar-refractivity contribution in [3.05, 3.63) is 59.7 Å². The van der Waals surface area contributed by atoms with Crippen molar-refractivity contribution in [3.8, 4) is 11.1 Å². The molecule has 2 aromatic rings. The van der Waals surface area contributed by atoms with Crippen LogP contribution in [-0.2, 0) is 14.3 Å². The molecule has 168 valence electrons. The SMILES string of the molecule is O=C(CCCNC(=O)OCC1c2ccccc2-c2ccccc21)NC(CC1CC1)C(=O)O. The second-order valence-corrected chi connectivity index (χ2v) is 8.49.